The standard InChI is InChI=1S/C16H18Cl2N2O4/c1-8(2)13(16(23)24)19-14(21)10-5-6-20(15(10)22)12-7-9(17)3-4-11(12)18/h3-4,7-8,10,13H,5-6H2,1-2H3,(H,19,21)(H,23,24)/t10?,13-/m0/s1. The van der Waals surface area contributed by atoms with E-state index < -0.39 is 29.7 Å². The molecular formula is C16H18Cl2N2O4. The molecule has 1 aromatic rings. The first kappa shape index (κ1) is 18.5. The molecule has 0 aliphatic carbocycles. The van der Waals surface area contributed by atoms with Gasteiger partial charge in [0.15, 0.2) is 0 Å². The Morgan fingerprint density at radius 1 is 1.33 bits per heavy atom. The molecule has 130 valence electrons. The Labute approximate surface area is 149 Å². The Hall–Kier alpha value is -1.79. The molecule has 0 spiro atoms. The van der Waals surface area contributed by atoms with Gasteiger partial charge >= 0.3 is 5.97 Å². The predicted octanol–water partition coefficient (Wildman–Crippen LogP) is 2.57. The quantitative estimate of drug-likeness (QED) is 0.777. The maximum absolute atomic E-state index is 12.5. The second-order valence-electron chi connectivity index (χ2n) is 6.00. The van der Waals surface area contributed by atoms with Gasteiger partial charge in [-0.05, 0) is 30.5 Å². The van der Waals surface area contributed by atoms with E-state index in [0.29, 0.717) is 22.3 Å². The van der Waals surface area contributed by atoms with Crippen molar-refractivity contribution in [3.05, 3.63) is 28.2 Å². The molecule has 0 radical (unpaired) electrons. The van der Waals surface area contributed by atoms with E-state index in [4.69, 9.17) is 28.3 Å². The summed E-state index contributed by atoms with van der Waals surface area (Å²) in [5.74, 6) is -3.34. The minimum Gasteiger partial charge on any atom is -0.480 e. The molecule has 1 heterocycles. The number of nitrogens with one attached hydrogen (secondary N) is 1. The van der Waals surface area contributed by atoms with E-state index in [1.165, 1.54) is 4.90 Å². The predicted molar refractivity (Wildman–Crippen MR) is 91.3 cm³/mol. The number of carboxylic acids is 1. The Bertz CT molecular complexity index is 678. The number of nitrogens with zero attached hydrogens (tertiary/aromatic N) is 1. The van der Waals surface area contributed by atoms with Crippen molar-refractivity contribution in [1.82, 2.24) is 5.32 Å². The summed E-state index contributed by atoms with van der Waals surface area (Å²) in [7, 11) is 0. The fourth-order valence-electron chi connectivity index (χ4n) is 2.62. The van der Waals surface area contributed by atoms with Crippen LogP contribution in [0.4, 0.5) is 5.69 Å². The second kappa shape index (κ2) is 7.40. The van der Waals surface area contributed by atoms with Crippen LogP contribution in [-0.4, -0.2) is 35.5 Å². The summed E-state index contributed by atoms with van der Waals surface area (Å²) in [5.41, 5.74) is 0.447. The van der Waals surface area contributed by atoms with Crippen LogP contribution in [0.3, 0.4) is 0 Å². The lowest BCUT2D eigenvalue weighted by Crippen LogP contribution is -2.48. The molecule has 6 nitrogen and oxygen atoms in total. The van der Waals surface area contributed by atoms with Crippen LogP contribution in [0.1, 0.15) is 20.3 Å². The van der Waals surface area contributed by atoms with Gasteiger partial charge in [-0.1, -0.05) is 37.0 Å². The molecule has 1 unspecified atom stereocenters. The zero-order chi connectivity index (χ0) is 18.0. The Morgan fingerprint density at radius 3 is 2.58 bits per heavy atom. The number of rotatable bonds is 5. The maximum atomic E-state index is 12.5. The molecule has 1 aromatic carbocycles. The van der Waals surface area contributed by atoms with Crippen molar-refractivity contribution in [2.45, 2.75) is 26.3 Å². The molecule has 2 N–H and O–H groups in total. The Kier molecular flexibility index (Phi) is 5.72. The third-order valence-corrected chi connectivity index (χ3v) is 4.51. The van der Waals surface area contributed by atoms with Crippen LogP contribution in [0.2, 0.25) is 10.0 Å². The van der Waals surface area contributed by atoms with E-state index >= 15 is 0 Å². The molecule has 0 aromatic heterocycles. The number of benzene rings is 1. The van der Waals surface area contributed by atoms with Crippen molar-refractivity contribution in [2.24, 2.45) is 11.8 Å². The summed E-state index contributed by atoms with van der Waals surface area (Å²) >= 11 is 12.0. The van der Waals surface area contributed by atoms with Gasteiger partial charge in [-0.2, -0.15) is 0 Å². The average Bonchev–Trinajstić information content (AvgIpc) is 2.88. The van der Waals surface area contributed by atoms with Crippen molar-refractivity contribution in [2.75, 3.05) is 11.4 Å². The minimum atomic E-state index is -1.13. The summed E-state index contributed by atoms with van der Waals surface area (Å²) < 4.78 is 0. The summed E-state index contributed by atoms with van der Waals surface area (Å²) in [6.45, 7) is 3.69. The molecular weight excluding hydrogens is 355 g/mol. The van der Waals surface area contributed by atoms with E-state index in [9.17, 15) is 14.4 Å². The van der Waals surface area contributed by atoms with Crippen LogP contribution in [0.25, 0.3) is 0 Å². The Morgan fingerprint density at radius 2 is 2.00 bits per heavy atom. The zero-order valence-electron chi connectivity index (χ0n) is 13.3. The maximum Gasteiger partial charge on any atom is 0.326 e. The summed E-state index contributed by atoms with van der Waals surface area (Å²) in [6.07, 6.45) is 0.290. The third-order valence-electron chi connectivity index (χ3n) is 3.95. The van der Waals surface area contributed by atoms with Crippen LogP contribution in [0, 0.1) is 11.8 Å². The molecule has 2 amide bonds. The summed E-state index contributed by atoms with van der Waals surface area (Å²) in [5, 5.41) is 12.4. The van der Waals surface area contributed by atoms with E-state index in [1.54, 1.807) is 32.0 Å². The topological polar surface area (TPSA) is 86.7 Å². The van der Waals surface area contributed by atoms with Crippen molar-refractivity contribution in [3.8, 4) is 0 Å². The highest BCUT2D eigenvalue weighted by atomic mass is 35.5. The first-order valence-electron chi connectivity index (χ1n) is 7.52. The molecule has 1 aliphatic rings. The van der Waals surface area contributed by atoms with E-state index in [0.717, 1.165) is 0 Å². The normalized spacial score (nSPS) is 18.8. The highest BCUT2D eigenvalue weighted by molar-refractivity contribution is 6.36. The molecule has 2 atom stereocenters. The summed E-state index contributed by atoms with van der Waals surface area (Å²) in [4.78, 5) is 37.5. The second-order valence-corrected chi connectivity index (χ2v) is 6.84. The first-order chi connectivity index (χ1) is 11.2. The van der Waals surface area contributed by atoms with Gasteiger partial charge in [0.25, 0.3) is 0 Å². The molecule has 1 saturated heterocycles. The third kappa shape index (κ3) is 3.82. The van der Waals surface area contributed by atoms with Crippen LogP contribution in [-0.2, 0) is 14.4 Å². The summed E-state index contributed by atoms with van der Waals surface area (Å²) in [6, 6.07) is 3.72. The number of carboxylic acid groups (broad SMARTS) is 1. The molecule has 2 rings (SSSR count). The molecule has 1 fully saturated rings. The molecule has 0 saturated carbocycles. The van der Waals surface area contributed by atoms with Gasteiger partial charge < -0.3 is 15.3 Å². The average molecular weight is 373 g/mol. The Balaban J connectivity index is 2.15. The lowest BCUT2D eigenvalue weighted by Gasteiger charge is -2.21. The lowest BCUT2D eigenvalue weighted by molar-refractivity contribution is -0.144. The number of aliphatic carboxylic acids is 1. The van der Waals surface area contributed by atoms with Crippen LogP contribution in [0.5, 0.6) is 0 Å². The van der Waals surface area contributed by atoms with Crippen molar-refractivity contribution in [3.63, 3.8) is 0 Å². The van der Waals surface area contributed by atoms with E-state index in [1.807, 2.05) is 0 Å². The van der Waals surface area contributed by atoms with Gasteiger partial charge in [-0.15, -0.1) is 0 Å². The molecule has 24 heavy (non-hydrogen) atoms. The lowest BCUT2D eigenvalue weighted by atomic mass is 10.0. The number of amides is 2. The van der Waals surface area contributed by atoms with Crippen LogP contribution < -0.4 is 10.2 Å². The highest BCUT2D eigenvalue weighted by Crippen LogP contribution is 2.33. The number of carbonyl (C=O) groups excluding carboxylic acids is 2. The van der Waals surface area contributed by atoms with Crippen molar-refractivity contribution < 1.29 is 19.5 Å². The molecule has 1 aliphatic heterocycles. The fraction of sp³-hybridized carbons (Fsp3) is 0.438. The number of anilines is 1. The smallest absolute Gasteiger partial charge is 0.326 e. The zero-order valence-corrected chi connectivity index (χ0v) is 14.8. The number of carbonyl (C=O) groups is 3. The van der Waals surface area contributed by atoms with E-state index in [2.05, 4.69) is 5.32 Å². The van der Waals surface area contributed by atoms with Gasteiger partial charge in [0.05, 0.1) is 10.7 Å². The van der Waals surface area contributed by atoms with Gasteiger partial charge in [0.2, 0.25) is 11.8 Å². The van der Waals surface area contributed by atoms with Gasteiger partial charge in [-0.25, -0.2) is 4.79 Å². The molecule has 8 heteroatoms. The highest BCUT2D eigenvalue weighted by Gasteiger charge is 2.40. The number of halogens is 2. The van der Waals surface area contributed by atoms with E-state index in [-0.39, 0.29) is 12.3 Å². The van der Waals surface area contributed by atoms with Crippen LogP contribution >= 0.6 is 23.2 Å². The SMILES string of the molecule is CC(C)[C@H](NC(=O)C1CCN(c2cc(Cl)ccc2Cl)C1=O)C(=O)O. The fourth-order valence-corrected chi connectivity index (χ4v) is 3.01. The molecule has 0 bridgehead atoms. The van der Waals surface area contributed by atoms with Crippen molar-refractivity contribution in [1.29, 1.82) is 0 Å². The largest absolute Gasteiger partial charge is 0.480 e. The number of hydrogen-bond acceptors (Lipinski definition) is 3. The van der Waals surface area contributed by atoms with Gasteiger partial charge in [-0.3, -0.25) is 9.59 Å². The minimum absolute atomic E-state index is 0.290. The van der Waals surface area contributed by atoms with Gasteiger partial charge in [0.1, 0.15) is 12.0 Å². The first-order valence-corrected chi connectivity index (χ1v) is 8.27. The monoisotopic (exact) mass is 372 g/mol. The van der Waals surface area contributed by atoms with Crippen molar-refractivity contribution >= 4 is 46.7 Å². The van der Waals surface area contributed by atoms with Crippen LogP contribution in [0.15, 0.2) is 18.2 Å². The number of hydrogen-bond donors (Lipinski definition) is 2. The van der Waals surface area contributed by atoms with Gasteiger partial charge in [0, 0.05) is 11.6 Å².